The summed E-state index contributed by atoms with van der Waals surface area (Å²) >= 11 is 0. The average molecular weight is 280 g/mol. The van der Waals surface area contributed by atoms with E-state index in [1.54, 1.807) is 19.1 Å². The highest BCUT2D eigenvalue weighted by molar-refractivity contribution is 5.28. The van der Waals surface area contributed by atoms with E-state index in [1.165, 1.54) is 12.1 Å². The van der Waals surface area contributed by atoms with Gasteiger partial charge in [0.2, 0.25) is 0 Å². The Labute approximate surface area is 115 Å². The predicted octanol–water partition coefficient (Wildman–Crippen LogP) is 3.16. The normalized spacial score (nSPS) is 12.4. The number of nitrogens with two attached hydrogens (primary N) is 1. The van der Waals surface area contributed by atoms with Gasteiger partial charge in [-0.25, -0.2) is 13.2 Å². The molecule has 0 aromatic heterocycles. The van der Waals surface area contributed by atoms with E-state index in [2.05, 4.69) is 5.43 Å². The molecule has 3 N–H and O–H groups in total. The number of halogens is 3. The van der Waals surface area contributed by atoms with Crippen LogP contribution in [0.15, 0.2) is 36.4 Å². The topological polar surface area (TPSA) is 38.0 Å². The molecule has 5 heteroatoms. The van der Waals surface area contributed by atoms with Gasteiger partial charge in [0.15, 0.2) is 11.6 Å². The van der Waals surface area contributed by atoms with Gasteiger partial charge < -0.3 is 0 Å². The van der Waals surface area contributed by atoms with Crippen molar-refractivity contribution in [3.05, 3.63) is 70.5 Å². The molecule has 0 heterocycles. The number of hydrazine groups is 1. The van der Waals surface area contributed by atoms with Crippen LogP contribution in [0.1, 0.15) is 22.7 Å². The first-order chi connectivity index (χ1) is 9.51. The van der Waals surface area contributed by atoms with Crippen LogP contribution in [-0.2, 0) is 6.42 Å². The second kappa shape index (κ2) is 6.07. The minimum Gasteiger partial charge on any atom is -0.271 e. The second-order valence-electron chi connectivity index (χ2n) is 4.70. The maximum Gasteiger partial charge on any atom is 0.159 e. The van der Waals surface area contributed by atoms with Gasteiger partial charge in [-0.1, -0.05) is 18.2 Å². The van der Waals surface area contributed by atoms with Crippen molar-refractivity contribution in [3.63, 3.8) is 0 Å². The third-order valence-electron chi connectivity index (χ3n) is 3.16. The van der Waals surface area contributed by atoms with E-state index in [9.17, 15) is 13.2 Å². The van der Waals surface area contributed by atoms with E-state index >= 15 is 0 Å². The molecule has 1 atom stereocenters. The van der Waals surface area contributed by atoms with Crippen LogP contribution in [0, 0.1) is 24.4 Å². The Kier molecular flexibility index (Phi) is 4.42. The summed E-state index contributed by atoms with van der Waals surface area (Å²) in [4.78, 5) is 0. The van der Waals surface area contributed by atoms with Gasteiger partial charge in [0, 0.05) is 5.56 Å². The van der Waals surface area contributed by atoms with Crippen molar-refractivity contribution in [2.45, 2.75) is 19.4 Å². The van der Waals surface area contributed by atoms with E-state index in [0.717, 1.165) is 17.7 Å². The van der Waals surface area contributed by atoms with Crippen molar-refractivity contribution >= 4 is 0 Å². The van der Waals surface area contributed by atoms with Crippen molar-refractivity contribution in [2.24, 2.45) is 5.84 Å². The van der Waals surface area contributed by atoms with E-state index in [4.69, 9.17) is 5.84 Å². The van der Waals surface area contributed by atoms with Crippen LogP contribution < -0.4 is 11.3 Å². The molecule has 2 nitrogen and oxygen atoms in total. The largest absolute Gasteiger partial charge is 0.271 e. The standard InChI is InChI=1S/C15H15F3N2/c1-9-2-4-11(13(17)6-9)15(20-19)8-10-3-5-12(16)14(18)7-10/h2-7,15,20H,8,19H2,1H3. The lowest BCUT2D eigenvalue weighted by atomic mass is 9.98. The monoisotopic (exact) mass is 280 g/mol. The Hall–Kier alpha value is -1.85. The number of hydrogen-bond acceptors (Lipinski definition) is 2. The third kappa shape index (κ3) is 3.18. The Bertz CT molecular complexity index is 614. The first kappa shape index (κ1) is 14.6. The molecule has 1 unspecified atom stereocenters. The molecular formula is C15H15F3N2. The lowest BCUT2D eigenvalue weighted by Gasteiger charge is -2.17. The molecule has 0 fully saturated rings. The maximum atomic E-state index is 13.9. The zero-order valence-electron chi connectivity index (χ0n) is 11.0. The van der Waals surface area contributed by atoms with Gasteiger partial charge in [-0.2, -0.15) is 0 Å². The molecule has 0 amide bonds. The highest BCUT2D eigenvalue weighted by atomic mass is 19.2. The fraction of sp³-hybridized carbons (Fsp3) is 0.200. The molecule has 20 heavy (non-hydrogen) atoms. The quantitative estimate of drug-likeness (QED) is 0.667. The fourth-order valence-electron chi connectivity index (χ4n) is 2.08. The Morgan fingerprint density at radius 2 is 1.75 bits per heavy atom. The summed E-state index contributed by atoms with van der Waals surface area (Å²) in [5.74, 6) is 3.23. The molecular weight excluding hydrogens is 265 g/mol. The summed E-state index contributed by atoms with van der Waals surface area (Å²) in [6.07, 6.45) is 0.258. The van der Waals surface area contributed by atoms with Gasteiger partial charge in [0.1, 0.15) is 5.82 Å². The molecule has 0 aliphatic carbocycles. The number of nitrogens with one attached hydrogen (secondary N) is 1. The Balaban J connectivity index is 2.26. The maximum absolute atomic E-state index is 13.9. The van der Waals surface area contributed by atoms with E-state index < -0.39 is 17.7 Å². The highest BCUT2D eigenvalue weighted by Crippen LogP contribution is 2.22. The number of hydrogen-bond donors (Lipinski definition) is 2. The minimum atomic E-state index is -0.928. The molecule has 0 saturated heterocycles. The Morgan fingerprint density at radius 1 is 1.00 bits per heavy atom. The van der Waals surface area contributed by atoms with Crippen LogP contribution in [0.4, 0.5) is 13.2 Å². The highest BCUT2D eigenvalue weighted by Gasteiger charge is 2.16. The summed E-state index contributed by atoms with van der Waals surface area (Å²) in [5, 5.41) is 0. The molecule has 0 saturated carbocycles. The molecule has 0 aliphatic heterocycles. The van der Waals surface area contributed by atoms with Gasteiger partial charge >= 0.3 is 0 Å². The van der Waals surface area contributed by atoms with Crippen molar-refractivity contribution in [2.75, 3.05) is 0 Å². The smallest absolute Gasteiger partial charge is 0.159 e. The van der Waals surface area contributed by atoms with E-state index in [1.807, 2.05) is 0 Å². The van der Waals surface area contributed by atoms with E-state index in [-0.39, 0.29) is 12.2 Å². The summed E-state index contributed by atoms with van der Waals surface area (Å²) in [7, 11) is 0. The summed E-state index contributed by atoms with van der Waals surface area (Å²) in [5.41, 5.74) is 4.23. The molecule has 2 rings (SSSR count). The average Bonchev–Trinajstić information content (AvgIpc) is 2.41. The van der Waals surface area contributed by atoms with Crippen LogP contribution in [0.2, 0.25) is 0 Å². The zero-order valence-corrected chi connectivity index (χ0v) is 11.0. The molecule has 0 spiro atoms. The molecule has 0 radical (unpaired) electrons. The van der Waals surface area contributed by atoms with Crippen LogP contribution in [0.5, 0.6) is 0 Å². The number of aryl methyl sites for hydroxylation is 1. The predicted molar refractivity (Wildman–Crippen MR) is 71.3 cm³/mol. The zero-order chi connectivity index (χ0) is 14.7. The number of rotatable bonds is 4. The van der Waals surface area contributed by atoms with Crippen molar-refractivity contribution in [3.8, 4) is 0 Å². The Morgan fingerprint density at radius 3 is 2.35 bits per heavy atom. The van der Waals surface area contributed by atoms with Gasteiger partial charge in [-0.15, -0.1) is 0 Å². The van der Waals surface area contributed by atoms with Crippen LogP contribution in [0.3, 0.4) is 0 Å². The fourth-order valence-corrected chi connectivity index (χ4v) is 2.08. The van der Waals surface area contributed by atoms with Gasteiger partial charge in [0.05, 0.1) is 6.04 Å². The van der Waals surface area contributed by atoms with Crippen molar-refractivity contribution in [1.82, 2.24) is 5.43 Å². The van der Waals surface area contributed by atoms with Crippen LogP contribution >= 0.6 is 0 Å². The van der Waals surface area contributed by atoms with Gasteiger partial charge in [0.25, 0.3) is 0 Å². The lowest BCUT2D eigenvalue weighted by Crippen LogP contribution is -2.30. The first-order valence-electron chi connectivity index (χ1n) is 6.17. The van der Waals surface area contributed by atoms with Crippen LogP contribution in [0.25, 0.3) is 0 Å². The molecule has 0 bridgehead atoms. The van der Waals surface area contributed by atoms with Crippen LogP contribution in [-0.4, -0.2) is 0 Å². The molecule has 2 aromatic rings. The second-order valence-corrected chi connectivity index (χ2v) is 4.70. The van der Waals surface area contributed by atoms with Crippen molar-refractivity contribution < 1.29 is 13.2 Å². The van der Waals surface area contributed by atoms with E-state index in [0.29, 0.717) is 11.1 Å². The first-order valence-corrected chi connectivity index (χ1v) is 6.17. The summed E-state index contributed by atoms with van der Waals surface area (Å²) in [6, 6.07) is 7.89. The van der Waals surface area contributed by atoms with Gasteiger partial charge in [-0.05, 0) is 42.7 Å². The molecule has 0 aliphatic rings. The summed E-state index contributed by atoms with van der Waals surface area (Å²) in [6.45, 7) is 1.78. The summed E-state index contributed by atoms with van der Waals surface area (Å²) < 4.78 is 39.9. The molecule has 106 valence electrons. The van der Waals surface area contributed by atoms with Crippen molar-refractivity contribution in [1.29, 1.82) is 0 Å². The minimum absolute atomic E-state index is 0.258. The van der Waals surface area contributed by atoms with Gasteiger partial charge in [-0.3, -0.25) is 11.3 Å². The lowest BCUT2D eigenvalue weighted by molar-refractivity contribution is 0.495. The SMILES string of the molecule is Cc1ccc(C(Cc2ccc(F)c(F)c2)NN)c(F)c1. The third-order valence-corrected chi connectivity index (χ3v) is 3.16. The number of benzene rings is 2. The molecule has 2 aromatic carbocycles.